The molecule has 0 radical (unpaired) electrons. The molecule has 8 nitrogen and oxygen atoms in total. The molecule has 0 unspecified atom stereocenters. The molecule has 1 amide bonds. The van der Waals surface area contributed by atoms with Crippen molar-refractivity contribution in [2.24, 2.45) is 0 Å². The first-order valence-electron chi connectivity index (χ1n) is 9.41. The van der Waals surface area contributed by atoms with E-state index in [1.165, 1.54) is 31.4 Å². The molecular weight excluding hydrogens is 404 g/mol. The molecule has 0 fully saturated rings. The Bertz CT molecular complexity index is 1090. The molecule has 3 rings (SSSR count). The fourth-order valence-corrected chi connectivity index (χ4v) is 3.85. The minimum absolute atomic E-state index is 0.0731. The largest absolute Gasteiger partial charge is 0.497 e. The lowest BCUT2D eigenvalue weighted by Gasteiger charge is -2.10. The van der Waals surface area contributed by atoms with Gasteiger partial charge in [-0.3, -0.25) is 14.2 Å². The van der Waals surface area contributed by atoms with Gasteiger partial charge in [-0.25, -0.2) is 8.42 Å². The molecule has 30 heavy (non-hydrogen) atoms. The number of sulfonamides is 1. The van der Waals surface area contributed by atoms with Gasteiger partial charge in [-0.2, -0.15) is 5.10 Å². The van der Waals surface area contributed by atoms with Crippen molar-refractivity contribution in [2.75, 3.05) is 18.4 Å². The van der Waals surface area contributed by atoms with Crippen molar-refractivity contribution in [3.8, 4) is 5.75 Å². The third-order valence-corrected chi connectivity index (χ3v) is 5.78. The van der Waals surface area contributed by atoms with Crippen LogP contribution in [-0.4, -0.2) is 37.8 Å². The highest BCUT2D eigenvalue weighted by Gasteiger charge is 2.15. The van der Waals surface area contributed by atoms with Gasteiger partial charge in [0, 0.05) is 30.5 Å². The van der Waals surface area contributed by atoms with Gasteiger partial charge in [-0.15, -0.1) is 0 Å². The maximum Gasteiger partial charge on any atom is 0.261 e. The second-order valence-electron chi connectivity index (χ2n) is 6.75. The molecule has 1 heterocycles. The number of carbonyl (C=O) groups excluding carboxylic acids is 1. The normalized spacial score (nSPS) is 11.1. The van der Waals surface area contributed by atoms with Gasteiger partial charge in [0.15, 0.2) is 0 Å². The first-order valence-corrected chi connectivity index (χ1v) is 10.9. The number of anilines is 1. The van der Waals surface area contributed by atoms with Crippen molar-refractivity contribution in [1.82, 2.24) is 15.1 Å². The molecule has 0 saturated carbocycles. The lowest BCUT2D eigenvalue weighted by Crippen LogP contribution is -2.25. The molecule has 0 aliphatic rings. The fraction of sp³-hybridized carbons (Fsp3) is 0.238. The number of nitrogens with zero attached hydrogens (tertiary/aromatic N) is 2. The van der Waals surface area contributed by atoms with Gasteiger partial charge >= 0.3 is 0 Å². The number of benzene rings is 2. The van der Waals surface area contributed by atoms with Crippen LogP contribution in [-0.2, 0) is 16.6 Å². The average Bonchev–Trinajstić information content (AvgIpc) is 3.16. The highest BCUT2D eigenvalue weighted by molar-refractivity contribution is 7.92. The molecule has 0 saturated heterocycles. The van der Waals surface area contributed by atoms with Crippen molar-refractivity contribution in [2.45, 2.75) is 24.8 Å². The second-order valence-corrected chi connectivity index (χ2v) is 8.43. The Morgan fingerprint density at radius 2 is 1.80 bits per heavy atom. The predicted molar refractivity (Wildman–Crippen MR) is 114 cm³/mol. The van der Waals surface area contributed by atoms with Crippen LogP contribution in [0.4, 0.5) is 5.69 Å². The zero-order chi connectivity index (χ0) is 21.6. The summed E-state index contributed by atoms with van der Waals surface area (Å²) in [6, 6.07) is 12.4. The highest BCUT2D eigenvalue weighted by atomic mass is 32.2. The van der Waals surface area contributed by atoms with Crippen LogP contribution in [0.15, 0.2) is 65.8 Å². The Hall–Kier alpha value is -3.33. The third-order valence-electron chi connectivity index (χ3n) is 4.38. The van der Waals surface area contributed by atoms with E-state index in [-0.39, 0.29) is 10.8 Å². The molecule has 0 atom stereocenters. The minimum atomic E-state index is -3.76. The third kappa shape index (κ3) is 5.60. The number of methoxy groups -OCH3 is 1. The number of aromatic nitrogens is 2. The SMILES string of the molecule is COc1ccc(NS(=O)(=O)c2ccc(C(=O)NCCCn3cc(C)cn3)cc2)cc1. The predicted octanol–water partition coefficient (Wildman–Crippen LogP) is 2.82. The van der Waals surface area contributed by atoms with Crippen LogP contribution in [0.3, 0.4) is 0 Å². The van der Waals surface area contributed by atoms with E-state index in [9.17, 15) is 13.2 Å². The Labute approximate surface area is 175 Å². The molecule has 3 aromatic rings. The summed E-state index contributed by atoms with van der Waals surface area (Å²) in [5.74, 6) is 0.381. The summed E-state index contributed by atoms with van der Waals surface area (Å²) in [5.41, 5.74) is 1.91. The standard InChI is InChI=1S/C21H24N4O4S/c1-16-14-23-25(15-16)13-3-12-22-21(26)17-4-10-20(11-5-17)30(27,28)24-18-6-8-19(29-2)9-7-18/h4-11,14-15,24H,3,12-13H2,1-2H3,(H,22,26). The van der Waals surface area contributed by atoms with E-state index in [1.807, 2.05) is 17.8 Å². The Morgan fingerprint density at radius 1 is 1.10 bits per heavy atom. The number of ether oxygens (including phenoxy) is 1. The quantitative estimate of drug-likeness (QED) is 0.510. The number of aryl methyl sites for hydroxylation is 2. The van der Waals surface area contributed by atoms with E-state index in [1.54, 1.807) is 30.5 Å². The number of nitrogens with one attached hydrogen (secondary N) is 2. The summed E-state index contributed by atoms with van der Waals surface area (Å²) in [6.07, 6.45) is 4.48. The molecule has 0 aliphatic carbocycles. The van der Waals surface area contributed by atoms with Crippen molar-refractivity contribution in [3.63, 3.8) is 0 Å². The van der Waals surface area contributed by atoms with E-state index < -0.39 is 10.0 Å². The molecule has 9 heteroatoms. The summed E-state index contributed by atoms with van der Waals surface area (Å²) in [4.78, 5) is 12.3. The highest BCUT2D eigenvalue weighted by Crippen LogP contribution is 2.19. The molecule has 0 aliphatic heterocycles. The summed E-state index contributed by atoms with van der Waals surface area (Å²) in [6.45, 7) is 3.18. The number of amides is 1. The van der Waals surface area contributed by atoms with Crippen LogP contribution in [0.5, 0.6) is 5.75 Å². The van der Waals surface area contributed by atoms with Crippen LogP contribution in [0.2, 0.25) is 0 Å². The topological polar surface area (TPSA) is 102 Å². The van der Waals surface area contributed by atoms with Gasteiger partial charge in [0.05, 0.1) is 18.2 Å². The smallest absolute Gasteiger partial charge is 0.261 e. The van der Waals surface area contributed by atoms with Crippen LogP contribution in [0.1, 0.15) is 22.3 Å². The maximum absolute atomic E-state index is 12.5. The van der Waals surface area contributed by atoms with Gasteiger partial charge in [-0.05, 0) is 67.4 Å². The van der Waals surface area contributed by atoms with E-state index in [2.05, 4.69) is 15.1 Å². The van der Waals surface area contributed by atoms with Crippen LogP contribution in [0.25, 0.3) is 0 Å². The molecule has 2 N–H and O–H groups in total. The average molecular weight is 429 g/mol. The van der Waals surface area contributed by atoms with E-state index in [0.717, 1.165) is 12.0 Å². The Balaban J connectivity index is 1.54. The van der Waals surface area contributed by atoms with Crippen LogP contribution in [0, 0.1) is 6.92 Å². The van der Waals surface area contributed by atoms with Crippen molar-refractivity contribution in [1.29, 1.82) is 0 Å². The van der Waals surface area contributed by atoms with E-state index in [4.69, 9.17) is 4.74 Å². The lowest BCUT2D eigenvalue weighted by molar-refractivity contribution is 0.0952. The first kappa shape index (κ1) is 21.4. The lowest BCUT2D eigenvalue weighted by atomic mass is 10.2. The second kappa shape index (κ2) is 9.45. The Kier molecular flexibility index (Phi) is 6.73. The van der Waals surface area contributed by atoms with Gasteiger partial charge in [0.25, 0.3) is 15.9 Å². The van der Waals surface area contributed by atoms with Crippen molar-refractivity contribution in [3.05, 3.63) is 72.1 Å². The zero-order valence-electron chi connectivity index (χ0n) is 16.8. The molecule has 0 bridgehead atoms. The van der Waals surface area contributed by atoms with Gasteiger partial charge in [-0.1, -0.05) is 0 Å². The molecule has 1 aromatic heterocycles. The summed E-state index contributed by atoms with van der Waals surface area (Å²) < 4.78 is 34.5. The maximum atomic E-state index is 12.5. The van der Waals surface area contributed by atoms with Crippen LogP contribution < -0.4 is 14.8 Å². The zero-order valence-corrected chi connectivity index (χ0v) is 17.6. The van der Waals surface area contributed by atoms with Crippen LogP contribution >= 0.6 is 0 Å². The number of hydrogen-bond acceptors (Lipinski definition) is 5. The summed E-state index contributed by atoms with van der Waals surface area (Å²) in [5, 5.41) is 7.02. The first-order chi connectivity index (χ1) is 14.4. The number of rotatable bonds is 9. The van der Waals surface area contributed by atoms with E-state index in [0.29, 0.717) is 30.1 Å². The fourth-order valence-electron chi connectivity index (χ4n) is 2.79. The van der Waals surface area contributed by atoms with Gasteiger partial charge < -0.3 is 10.1 Å². The van der Waals surface area contributed by atoms with E-state index >= 15 is 0 Å². The van der Waals surface area contributed by atoms with Crippen molar-refractivity contribution < 1.29 is 17.9 Å². The van der Waals surface area contributed by atoms with Crippen molar-refractivity contribution >= 4 is 21.6 Å². The number of carbonyl (C=O) groups is 1. The van der Waals surface area contributed by atoms with Gasteiger partial charge in [0.1, 0.15) is 5.75 Å². The molecule has 0 spiro atoms. The molecule has 158 valence electrons. The number of hydrogen-bond donors (Lipinski definition) is 2. The summed E-state index contributed by atoms with van der Waals surface area (Å²) in [7, 11) is -2.22. The molecule has 2 aromatic carbocycles. The van der Waals surface area contributed by atoms with Gasteiger partial charge in [0.2, 0.25) is 0 Å². The summed E-state index contributed by atoms with van der Waals surface area (Å²) >= 11 is 0. The minimum Gasteiger partial charge on any atom is -0.497 e. The monoisotopic (exact) mass is 428 g/mol. The Morgan fingerprint density at radius 3 is 2.40 bits per heavy atom. The molecular formula is C21H24N4O4S.